The molecule has 1 aliphatic heterocycles. The van der Waals surface area contributed by atoms with E-state index in [1.807, 2.05) is 32.3 Å². The molecule has 160 valence electrons. The van der Waals surface area contributed by atoms with Crippen LogP contribution >= 0.6 is 0 Å². The highest BCUT2D eigenvalue weighted by atomic mass is 16.1. The first-order valence-corrected chi connectivity index (χ1v) is 10.2. The van der Waals surface area contributed by atoms with Crippen molar-refractivity contribution in [1.29, 1.82) is 0 Å². The summed E-state index contributed by atoms with van der Waals surface area (Å²) in [5.74, 6) is 0. The standard InChI is InChI=1S/C19H24N6O.C2H5NO/c1-3-15-12-25-18(21-19(15)26)10-16(22-25)13-23-6-8-24(9-7-23)17-5-4-14(2)20-11-17;1-3-2-4/h4-5,10-12H,3,6-9,13H2,1-2H3,(H,21,26);2H,1H3,(H,3,4). The first kappa shape index (κ1) is 21.5. The highest BCUT2D eigenvalue weighted by Gasteiger charge is 2.18. The van der Waals surface area contributed by atoms with Crippen LogP contribution in [0.15, 0.2) is 35.4 Å². The molecule has 1 aliphatic rings. The number of H-pyrrole nitrogens is 1. The minimum absolute atomic E-state index is 0.0215. The largest absolute Gasteiger partial charge is 0.368 e. The van der Waals surface area contributed by atoms with E-state index in [1.165, 1.54) is 5.69 Å². The molecule has 4 rings (SSSR count). The lowest BCUT2D eigenvalue weighted by Crippen LogP contribution is -2.46. The van der Waals surface area contributed by atoms with Gasteiger partial charge in [0, 0.05) is 63.3 Å². The van der Waals surface area contributed by atoms with E-state index in [1.54, 1.807) is 11.6 Å². The lowest BCUT2D eigenvalue weighted by Gasteiger charge is -2.35. The molecule has 4 heterocycles. The summed E-state index contributed by atoms with van der Waals surface area (Å²) < 4.78 is 1.78. The number of nitrogens with zero attached hydrogens (tertiary/aromatic N) is 5. The molecular formula is C21H29N7O2. The monoisotopic (exact) mass is 411 g/mol. The van der Waals surface area contributed by atoms with Crippen LogP contribution in [0.5, 0.6) is 0 Å². The highest BCUT2D eigenvalue weighted by molar-refractivity contribution is 5.45. The number of nitrogens with one attached hydrogen (secondary N) is 2. The van der Waals surface area contributed by atoms with Gasteiger partial charge in [0.15, 0.2) is 0 Å². The van der Waals surface area contributed by atoms with E-state index in [4.69, 9.17) is 4.79 Å². The summed E-state index contributed by atoms with van der Waals surface area (Å²) in [6.45, 7) is 8.71. The van der Waals surface area contributed by atoms with Gasteiger partial charge in [0.2, 0.25) is 6.41 Å². The fourth-order valence-electron chi connectivity index (χ4n) is 3.41. The lowest BCUT2D eigenvalue weighted by atomic mass is 10.2. The minimum atomic E-state index is -0.0215. The third-order valence-corrected chi connectivity index (χ3v) is 5.12. The molecule has 0 unspecified atom stereocenters. The van der Waals surface area contributed by atoms with Gasteiger partial charge >= 0.3 is 0 Å². The lowest BCUT2D eigenvalue weighted by molar-refractivity contribution is -0.109. The van der Waals surface area contributed by atoms with Gasteiger partial charge in [-0.1, -0.05) is 6.92 Å². The van der Waals surface area contributed by atoms with Crippen LogP contribution in [-0.2, 0) is 17.8 Å². The van der Waals surface area contributed by atoms with E-state index in [0.717, 1.165) is 55.3 Å². The van der Waals surface area contributed by atoms with Gasteiger partial charge in [-0.05, 0) is 25.5 Å². The van der Waals surface area contributed by atoms with Gasteiger partial charge in [-0.25, -0.2) is 4.52 Å². The van der Waals surface area contributed by atoms with E-state index in [9.17, 15) is 4.79 Å². The number of pyridine rings is 1. The fraction of sp³-hybridized carbons (Fsp3) is 0.429. The van der Waals surface area contributed by atoms with Crippen molar-refractivity contribution in [3.63, 3.8) is 0 Å². The summed E-state index contributed by atoms with van der Waals surface area (Å²) in [7, 11) is 1.56. The van der Waals surface area contributed by atoms with E-state index in [2.05, 4.69) is 42.3 Å². The predicted octanol–water partition coefficient (Wildman–Crippen LogP) is 0.973. The number of carbonyl (C=O) groups is 1. The Bertz CT molecular complexity index is 1020. The Balaban J connectivity index is 0.000000589. The molecule has 0 bridgehead atoms. The number of fused-ring (bicyclic) bond motifs is 1. The smallest absolute Gasteiger partial charge is 0.254 e. The molecule has 0 aliphatic carbocycles. The summed E-state index contributed by atoms with van der Waals surface area (Å²) in [4.78, 5) is 33.1. The number of hydrogen-bond donors (Lipinski definition) is 2. The van der Waals surface area contributed by atoms with Gasteiger partial charge in [0.05, 0.1) is 17.6 Å². The minimum Gasteiger partial charge on any atom is -0.368 e. The molecule has 3 aromatic heterocycles. The second kappa shape index (κ2) is 10.0. The predicted molar refractivity (Wildman–Crippen MR) is 117 cm³/mol. The van der Waals surface area contributed by atoms with Crippen LogP contribution in [0.25, 0.3) is 5.65 Å². The van der Waals surface area contributed by atoms with E-state index >= 15 is 0 Å². The summed E-state index contributed by atoms with van der Waals surface area (Å²) in [5, 5.41) is 6.87. The number of aryl methyl sites for hydroxylation is 2. The summed E-state index contributed by atoms with van der Waals surface area (Å²) in [5.41, 5.74) is 4.71. The molecule has 30 heavy (non-hydrogen) atoms. The van der Waals surface area contributed by atoms with Crippen molar-refractivity contribution in [3.8, 4) is 0 Å². The Labute approximate surface area is 175 Å². The van der Waals surface area contributed by atoms with Crippen molar-refractivity contribution >= 4 is 17.7 Å². The maximum Gasteiger partial charge on any atom is 0.254 e. The van der Waals surface area contributed by atoms with Crippen LogP contribution in [0.2, 0.25) is 0 Å². The van der Waals surface area contributed by atoms with Crippen molar-refractivity contribution in [1.82, 2.24) is 29.8 Å². The van der Waals surface area contributed by atoms with E-state index in [0.29, 0.717) is 12.8 Å². The second-order valence-corrected chi connectivity index (χ2v) is 7.26. The number of anilines is 1. The van der Waals surface area contributed by atoms with Gasteiger partial charge in [-0.3, -0.25) is 19.5 Å². The third-order valence-electron chi connectivity index (χ3n) is 5.12. The first-order chi connectivity index (χ1) is 14.5. The van der Waals surface area contributed by atoms with E-state index < -0.39 is 0 Å². The summed E-state index contributed by atoms with van der Waals surface area (Å²) in [6, 6.07) is 6.17. The number of piperazine rings is 1. The van der Waals surface area contributed by atoms with Gasteiger partial charge in [0.1, 0.15) is 5.65 Å². The molecule has 0 aromatic carbocycles. The maximum absolute atomic E-state index is 11.9. The molecule has 2 N–H and O–H groups in total. The number of rotatable bonds is 5. The molecule has 0 saturated carbocycles. The van der Waals surface area contributed by atoms with Gasteiger partial charge in [-0.2, -0.15) is 5.10 Å². The molecule has 0 spiro atoms. The van der Waals surface area contributed by atoms with Crippen molar-refractivity contribution < 1.29 is 4.79 Å². The fourth-order valence-corrected chi connectivity index (χ4v) is 3.41. The molecule has 0 atom stereocenters. The normalized spacial score (nSPS) is 14.3. The SMILES string of the molecule is CCc1cn2nc(CN3CCN(c4ccc(C)nc4)CC3)cc2[nH]c1=O.CNC=O. The quantitative estimate of drug-likeness (QED) is 0.607. The first-order valence-electron chi connectivity index (χ1n) is 10.2. The molecule has 0 radical (unpaired) electrons. The maximum atomic E-state index is 11.9. The van der Waals surface area contributed by atoms with Crippen LogP contribution in [0.4, 0.5) is 5.69 Å². The van der Waals surface area contributed by atoms with Gasteiger partial charge in [0.25, 0.3) is 5.56 Å². The zero-order valence-electron chi connectivity index (χ0n) is 17.8. The number of amides is 1. The van der Waals surface area contributed by atoms with Gasteiger partial charge < -0.3 is 15.2 Å². The molecule has 9 heteroatoms. The van der Waals surface area contributed by atoms with Crippen LogP contribution in [0.3, 0.4) is 0 Å². The van der Waals surface area contributed by atoms with Crippen molar-refractivity contribution in [2.24, 2.45) is 0 Å². The Morgan fingerprint density at radius 2 is 1.97 bits per heavy atom. The van der Waals surface area contributed by atoms with Crippen LogP contribution in [0.1, 0.15) is 23.9 Å². The average molecular weight is 412 g/mol. The number of aromatic amines is 1. The molecular weight excluding hydrogens is 382 g/mol. The average Bonchev–Trinajstić information content (AvgIpc) is 3.15. The Hall–Kier alpha value is -3.20. The highest BCUT2D eigenvalue weighted by Crippen LogP contribution is 2.16. The van der Waals surface area contributed by atoms with Gasteiger partial charge in [-0.15, -0.1) is 0 Å². The topological polar surface area (TPSA) is 98.6 Å². The Kier molecular flexibility index (Phi) is 7.18. The van der Waals surface area contributed by atoms with Crippen LogP contribution in [0, 0.1) is 6.92 Å². The molecule has 3 aromatic rings. The zero-order chi connectivity index (χ0) is 21.5. The Morgan fingerprint density at radius 1 is 1.23 bits per heavy atom. The van der Waals surface area contributed by atoms with Crippen LogP contribution in [-0.4, -0.2) is 64.1 Å². The molecule has 9 nitrogen and oxygen atoms in total. The molecule has 1 amide bonds. The second-order valence-electron chi connectivity index (χ2n) is 7.26. The van der Waals surface area contributed by atoms with Crippen molar-refractivity contribution in [2.75, 3.05) is 38.1 Å². The zero-order valence-corrected chi connectivity index (χ0v) is 17.8. The van der Waals surface area contributed by atoms with Crippen molar-refractivity contribution in [3.05, 3.63) is 57.9 Å². The Morgan fingerprint density at radius 3 is 2.57 bits per heavy atom. The third kappa shape index (κ3) is 5.24. The summed E-state index contributed by atoms with van der Waals surface area (Å²) in [6.07, 6.45) is 5.12. The molecule has 1 saturated heterocycles. The number of hydrogen-bond acceptors (Lipinski definition) is 6. The molecule has 1 fully saturated rings. The van der Waals surface area contributed by atoms with Crippen LogP contribution < -0.4 is 15.8 Å². The number of aromatic nitrogens is 4. The van der Waals surface area contributed by atoms with Crippen molar-refractivity contribution in [2.45, 2.75) is 26.8 Å². The summed E-state index contributed by atoms with van der Waals surface area (Å²) >= 11 is 0. The van der Waals surface area contributed by atoms with E-state index in [-0.39, 0.29) is 5.56 Å². The number of carbonyl (C=O) groups excluding carboxylic acids is 1.